The standard InChI is InChI=1S/C48H26O2/c1-2-9-32-26-42-40(25-31(32)8-1)45-35(13-6-14-41(45)49-42)38-24-23-37(46-39-22-17-27-7-3-4-12-33(27)47(39)50-48(38)46)34-20-18-30-16-15-28-10-5-11-29-19-21-36(34)44(30)43(28)29/h1-26H. The molecule has 0 N–H and O–H groups in total. The van der Waals surface area contributed by atoms with Crippen molar-refractivity contribution < 1.29 is 8.83 Å². The quantitative estimate of drug-likeness (QED) is 0.177. The van der Waals surface area contributed by atoms with Crippen molar-refractivity contribution in [2.24, 2.45) is 0 Å². The third-order valence-electron chi connectivity index (χ3n) is 11.0. The Morgan fingerprint density at radius 3 is 1.76 bits per heavy atom. The van der Waals surface area contributed by atoms with E-state index in [1.807, 2.05) is 0 Å². The summed E-state index contributed by atoms with van der Waals surface area (Å²) in [5.74, 6) is 0. The molecule has 12 rings (SSSR count). The number of hydrogen-bond acceptors (Lipinski definition) is 2. The van der Waals surface area contributed by atoms with Crippen LogP contribution in [-0.4, -0.2) is 0 Å². The minimum absolute atomic E-state index is 0.873. The molecule has 0 amide bonds. The van der Waals surface area contributed by atoms with E-state index < -0.39 is 0 Å². The number of fused-ring (bicyclic) bond motifs is 9. The zero-order chi connectivity index (χ0) is 32.5. The third kappa shape index (κ3) is 3.42. The second-order valence-electron chi connectivity index (χ2n) is 13.6. The summed E-state index contributed by atoms with van der Waals surface area (Å²) in [4.78, 5) is 0. The van der Waals surface area contributed by atoms with Gasteiger partial charge in [0.15, 0.2) is 0 Å². The van der Waals surface area contributed by atoms with Gasteiger partial charge in [-0.1, -0.05) is 127 Å². The van der Waals surface area contributed by atoms with Gasteiger partial charge in [0.2, 0.25) is 0 Å². The summed E-state index contributed by atoms with van der Waals surface area (Å²) >= 11 is 0. The van der Waals surface area contributed by atoms with Crippen LogP contribution in [0.2, 0.25) is 0 Å². The lowest BCUT2D eigenvalue weighted by molar-refractivity contribution is 0.669. The Labute approximate surface area is 285 Å². The van der Waals surface area contributed by atoms with Crippen LogP contribution >= 0.6 is 0 Å². The first kappa shape index (κ1) is 26.3. The average molecular weight is 635 g/mol. The van der Waals surface area contributed by atoms with Crippen molar-refractivity contribution in [1.82, 2.24) is 0 Å². The Bertz CT molecular complexity index is 3360. The molecule has 2 heterocycles. The van der Waals surface area contributed by atoms with Crippen molar-refractivity contribution in [3.8, 4) is 22.3 Å². The molecule has 0 fully saturated rings. The van der Waals surface area contributed by atoms with E-state index in [9.17, 15) is 0 Å². The van der Waals surface area contributed by atoms with Crippen molar-refractivity contribution in [1.29, 1.82) is 0 Å². The molecule has 0 aliphatic rings. The highest BCUT2D eigenvalue weighted by Crippen LogP contribution is 2.48. The van der Waals surface area contributed by atoms with Gasteiger partial charge in [-0.05, 0) is 95.5 Å². The molecule has 10 aromatic carbocycles. The lowest BCUT2D eigenvalue weighted by Gasteiger charge is -2.15. The molecule has 0 aliphatic carbocycles. The molecule has 50 heavy (non-hydrogen) atoms. The summed E-state index contributed by atoms with van der Waals surface area (Å²) in [6.45, 7) is 0. The van der Waals surface area contributed by atoms with Gasteiger partial charge in [-0.15, -0.1) is 0 Å². The summed E-state index contributed by atoms with van der Waals surface area (Å²) in [5, 5.41) is 16.8. The molecule has 0 spiro atoms. The number of benzene rings is 10. The molecular formula is C48H26O2. The highest BCUT2D eigenvalue weighted by molar-refractivity contribution is 6.29. The first-order valence-electron chi connectivity index (χ1n) is 17.2. The SMILES string of the molecule is c1ccc2cc3c(cc2c1)oc1cccc(-c2ccc(-c4ccc5ccc6cccc7ccc4c5c67)c4c2oc2c5ccccc5ccc24)c13. The van der Waals surface area contributed by atoms with Gasteiger partial charge in [0, 0.05) is 32.5 Å². The summed E-state index contributed by atoms with van der Waals surface area (Å²) < 4.78 is 13.6. The minimum Gasteiger partial charge on any atom is -0.456 e. The molecule has 0 saturated carbocycles. The maximum atomic E-state index is 7.12. The molecule has 0 radical (unpaired) electrons. The van der Waals surface area contributed by atoms with Crippen LogP contribution in [0.1, 0.15) is 0 Å². The van der Waals surface area contributed by atoms with Gasteiger partial charge in [0.25, 0.3) is 0 Å². The van der Waals surface area contributed by atoms with E-state index >= 15 is 0 Å². The lowest BCUT2D eigenvalue weighted by atomic mass is 9.87. The monoisotopic (exact) mass is 634 g/mol. The van der Waals surface area contributed by atoms with Crippen LogP contribution in [0.3, 0.4) is 0 Å². The molecule has 0 atom stereocenters. The van der Waals surface area contributed by atoms with Crippen LogP contribution in [0.25, 0.3) is 120 Å². The van der Waals surface area contributed by atoms with Gasteiger partial charge >= 0.3 is 0 Å². The predicted octanol–water partition coefficient (Wildman–Crippen LogP) is 14.0. The average Bonchev–Trinajstić information content (AvgIpc) is 3.75. The first-order valence-corrected chi connectivity index (χ1v) is 17.2. The van der Waals surface area contributed by atoms with Gasteiger partial charge in [-0.25, -0.2) is 0 Å². The van der Waals surface area contributed by atoms with E-state index in [-0.39, 0.29) is 0 Å². The maximum absolute atomic E-state index is 7.12. The Balaban J connectivity index is 1.22. The number of hydrogen-bond donors (Lipinski definition) is 0. The normalized spacial score (nSPS) is 12.4. The highest BCUT2D eigenvalue weighted by atomic mass is 16.3. The van der Waals surface area contributed by atoms with Crippen LogP contribution in [0.4, 0.5) is 0 Å². The summed E-state index contributed by atoms with van der Waals surface area (Å²) in [5.41, 5.74) is 8.12. The minimum atomic E-state index is 0.873. The fourth-order valence-electron chi connectivity index (χ4n) is 8.75. The molecule has 0 unspecified atom stereocenters. The maximum Gasteiger partial charge on any atom is 0.143 e. The smallest absolute Gasteiger partial charge is 0.143 e. The van der Waals surface area contributed by atoms with E-state index in [2.05, 4.69) is 158 Å². The van der Waals surface area contributed by atoms with Crippen LogP contribution in [0, 0.1) is 0 Å². The van der Waals surface area contributed by atoms with Gasteiger partial charge in [-0.3, -0.25) is 0 Å². The Morgan fingerprint density at radius 2 is 0.880 bits per heavy atom. The lowest BCUT2D eigenvalue weighted by Crippen LogP contribution is -1.89. The van der Waals surface area contributed by atoms with Crippen molar-refractivity contribution in [2.75, 3.05) is 0 Å². The topological polar surface area (TPSA) is 26.3 Å². The van der Waals surface area contributed by atoms with Crippen molar-refractivity contribution >= 4 is 97.7 Å². The second-order valence-corrected chi connectivity index (χ2v) is 13.6. The zero-order valence-corrected chi connectivity index (χ0v) is 26.8. The molecule has 0 aliphatic heterocycles. The van der Waals surface area contributed by atoms with Crippen LogP contribution in [-0.2, 0) is 0 Å². The number of rotatable bonds is 2. The van der Waals surface area contributed by atoms with Gasteiger partial charge in [0.1, 0.15) is 22.3 Å². The van der Waals surface area contributed by atoms with E-state index in [0.717, 1.165) is 60.4 Å². The number of furan rings is 2. The molecule has 230 valence electrons. The summed E-state index contributed by atoms with van der Waals surface area (Å²) in [6, 6.07) is 57.1. The van der Waals surface area contributed by atoms with E-state index in [0.29, 0.717) is 0 Å². The highest BCUT2D eigenvalue weighted by Gasteiger charge is 2.23. The fraction of sp³-hybridized carbons (Fsp3) is 0. The molecule has 0 bridgehead atoms. The Hall–Kier alpha value is -6.64. The molecule has 2 aromatic heterocycles. The van der Waals surface area contributed by atoms with Gasteiger partial charge in [-0.2, -0.15) is 0 Å². The fourth-order valence-corrected chi connectivity index (χ4v) is 8.75. The van der Waals surface area contributed by atoms with Gasteiger partial charge in [0.05, 0.1) is 0 Å². The zero-order valence-electron chi connectivity index (χ0n) is 26.8. The van der Waals surface area contributed by atoms with E-state index in [4.69, 9.17) is 8.83 Å². The van der Waals surface area contributed by atoms with Crippen LogP contribution in [0.5, 0.6) is 0 Å². The third-order valence-corrected chi connectivity index (χ3v) is 11.0. The molecule has 12 aromatic rings. The second kappa shape index (κ2) is 9.49. The van der Waals surface area contributed by atoms with E-state index in [1.54, 1.807) is 0 Å². The molecular weight excluding hydrogens is 609 g/mol. The van der Waals surface area contributed by atoms with Gasteiger partial charge < -0.3 is 8.83 Å². The van der Waals surface area contributed by atoms with Crippen LogP contribution in [0.15, 0.2) is 167 Å². The Kier molecular flexibility index (Phi) is 5.00. The molecule has 2 heteroatoms. The van der Waals surface area contributed by atoms with Crippen LogP contribution < -0.4 is 0 Å². The Morgan fingerprint density at radius 1 is 0.260 bits per heavy atom. The van der Waals surface area contributed by atoms with E-state index in [1.165, 1.54) is 59.6 Å². The van der Waals surface area contributed by atoms with Crippen molar-refractivity contribution in [3.63, 3.8) is 0 Å². The predicted molar refractivity (Wildman–Crippen MR) is 211 cm³/mol. The first-order chi connectivity index (χ1) is 24.8. The molecule has 2 nitrogen and oxygen atoms in total. The summed E-state index contributed by atoms with van der Waals surface area (Å²) in [6.07, 6.45) is 0. The van der Waals surface area contributed by atoms with Crippen molar-refractivity contribution in [3.05, 3.63) is 158 Å². The van der Waals surface area contributed by atoms with Crippen molar-refractivity contribution in [2.45, 2.75) is 0 Å². The molecule has 0 saturated heterocycles. The largest absolute Gasteiger partial charge is 0.456 e. The summed E-state index contributed by atoms with van der Waals surface area (Å²) in [7, 11) is 0.